The Morgan fingerprint density at radius 2 is 1.13 bits per heavy atom. The van der Waals surface area contributed by atoms with Crippen LogP contribution in [0.15, 0.2) is 60.7 Å². The molecule has 500 valence electrons. The van der Waals surface area contributed by atoms with Gasteiger partial charge >= 0.3 is 17.9 Å². The highest BCUT2D eigenvalue weighted by Crippen LogP contribution is 2.28. The van der Waals surface area contributed by atoms with Gasteiger partial charge in [-0.15, -0.1) is 0 Å². The van der Waals surface area contributed by atoms with Gasteiger partial charge in [-0.2, -0.15) is 0 Å². The summed E-state index contributed by atoms with van der Waals surface area (Å²) < 4.78 is 0. The maximum atomic E-state index is 14.9. The molecule has 5 rings (SSSR count). The predicted octanol–water partition coefficient (Wildman–Crippen LogP) is 1.37. The Bertz CT molecular complexity index is 2860. The number of nitrogens with zero attached hydrogens (tertiary/aromatic N) is 4. The normalized spacial score (nSPS) is 18.6. The van der Waals surface area contributed by atoms with Gasteiger partial charge in [0.15, 0.2) is 0 Å². The van der Waals surface area contributed by atoms with Crippen molar-refractivity contribution in [1.82, 2.24) is 46.2 Å². The fourth-order valence-electron chi connectivity index (χ4n) is 11.8. The SMILES string of the molecule is CC[C@H](C)[C@H](NC(=O)[C@@H]1CCCN1C(=O)[C@H](CCC(=O)O)NC(=O)[C@H](Cc1ccccc1)NC(=O)[C@H](CC(=O)O)NC(=O)CCCCN)C(=O)N1CCC[C@H]1C(=O)N(C(=O)CCCCNC(=O)[C@@H]1CCCN1C(=O)[C@H](N)Cc1ccccc1)[C@@H](CC(C)C)C(=O)O. The summed E-state index contributed by atoms with van der Waals surface area (Å²) in [6, 6.07) is 5.89. The number of likely N-dealkylation sites (tertiary alicyclic amines) is 3. The van der Waals surface area contributed by atoms with Crippen molar-refractivity contribution < 1.29 is 77.6 Å². The van der Waals surface area contributed by atoms with Crippen molar-refractivity contribution >= 4 is 77.0 Å². The molecular weight excluding hydrogens is 1180 g/mol. The van der Waals surface area contributed by atoms with Crippen molar-refractivity contribution in [3.63, 3.8) is 0 Å². The molecule has 3 aliphatic heterocycles. The standard InChI is InChI=1S/C64H93N11O16/c1-5-40(4)55(71-59(85)48-24-17-33-73(48)61(87)44(28-29-53(78)79)69-56(82)45(37-42-21-10-7-11-22-42)70-57(83)46(38-54(80)81)68-51(76)26-12-14-30-65)63(89)74-34-18-25-49(74)62(88)75(50(64(90)91)35-39(2)3)52(77)27-13-15-31-67-58(84)47-23-16-32-72(47)60(86)43(66)36-41-19-8-6-9-20-41/h6-11,19-22,39-40,43-50,55H,5,12-18,23-38,65-66H2,1-4H3,(H,67,84)(H,68,76)(H,69,82)(H,70,83)(H,71,85)(H,78,79)(H,80,81)(H,90,91)/t40-,43+,44-,45-,46-,47-,48-,49-,50-,55-/m0/s1. The number of aliphatic carboxylic acids is 3. The zero-order valence-corrected chi connectivity index (χ0v) is 52.7. The third kappa shape index (κ3) is 22.0. The monoisotopic (exact) mass is 1270 g/mol. The van der Waals surface area contributed by atoms with E-state index in [-0.39, 0.29) is 102 Å². The van der Waals surface area contributed by atoms with Gasteiger partial charge in [-0.05, 0) is 113 Å². The molecule has 10 atom stereocenters. The topological polar surface area (TPSA) is 408 Å². The molecule has 2 aromatic rings. The molecule has 2 aromatic carbocycles. The lowest BCUT2D eigenvalue weighted by molar-refractivity contribution is -0.162. The van der Waals surface area contributed by atoms with E-state index in [1.54, 1.807) is 58.0 Å². The molecule has 3 heterocycles. The summed E-state index contributed by atoms with van der Waals surface area (Å²) in [6.07, 6.45) is 1.07. The summed E-state index contributed by atoms with van der Waals surface area (Å²) in [5.74, 6) is -12.4. The van der Waals surface area contributed by atoms with Gasteiger partial charge < -0.3 is 68.1 Å². The summed E-state index contributed by atoms with van der Waals surface area (Å²) in [6.45, 7) is 7.72. The maximum absolute atomic E-state index is 14.9. The quantitative estimate of drug-likeness (QED) is 0.0431. The van der Waals surface area contributed by atoms with E-state index < -0.39 is 145 Å². The van der Waals surface area contributed by atoms with E-state index in [4.69, 9.17) is 11.5 Å². The van der Waals surface area contributed by atoms with Crippen molar-refractivity contribution in [2.45, 2.75) is 204 Å². The second-order valence-electron chi connectivity index (χ2n) is 24.3. The molecule has 0 aromatic heterocycles. The lowest BCUT2D eigenvalue weighted by Crippen LogP contribution is -2.61. The molecule has 27 heteroatoms. The summed E-state index contributed by atoms with van der Waals surface area (Å²) in [5, 5.41) is 43.1. The van der Waals surface area contributed by atoms with Crippen molar-refractivity contribution in [2.75, 3.05) is 32.7 Å². The molecule has 3 fully saturated rings. The number of carboxylic acid groups (broad SMARTS) is 3. The van der Waals surface area contributed by atoms with Crippen molar-refractivity contribution in [1.29, 1.82) is 0 Å². The number of unbranched alkanes of at least 4 members (excludes halogenated alkanes) is 2. The zero-order chi connectivity index (χ0) is 66.9. The van der Waals surface area contributed by atoms with Gasteiger partial charge in [0, 0.05) is 51.9 Å². The number of hydrogen-bond donors (Lipinski definition) is 10. The summed E-state index contributed by atoms with van der Waals surface area (Å²) >= 11 is 0. The van der Waals surface area contributed by atoms with E-state index in [1.165, 1.54) is 14.7 Å². The van der Waals surface area contributed by atoms with Crippen molar-refractivity contribution in [3.05, 3.63) is 71.8 Å². The average molecular weight is 1270 g/mol. The number of rotatable bonds is 36. The minimum atomic E-state index is -1.62. The number of benzene rings is 2. The molecule has 0 spiro atoms. The van der Waals surface area contributed by atoms with Crippen LogP contribution in [0.2, 0.25) is 0 Å². The van der Waals surface area contributed by atoms with Gasteiger partial charge in [-0.1, -0.05) is 94.8 Å². The summed E-state index contributed by atoms with van der Waals surface area (Å²) in [5.41, 5.74) is 13.2. The van der Waals surface area contributed by atoms with Crippen LogP contribution in [0, 0.1) is 11.8 Å². The van der Waals surface area contributed by atoms with Crippen LogP contribution >= 0.6 is 0 Å². The molecule has 3 aliphatic rings. The molecule has 0 unspecified atom stereocenters. The Morgan fingerprint density at radius 3 is 1.69 bits per heavy atom. The first kappa shape index (κ1) is 73.4. The van der Waals surface area contributed by atoms with E-state index in [9.17, 15) is 77.6 Å². The smallest absolute Gasteiger partial charge is 0.326 e. The number of imide groups is 1. The van der Waals surface area contributed by atoms with Crippen LogP contribution in [-0.2, 0) is 75.2 Å². The van der Waals surface area contributed by atoms with Crippen LogP contribution in [0.1, 0.15) is 148 Å². The van der Waals surface area contributed by atoms with Gasteiger partial charge in [-0.25, -0.2) is 4.79 Å². The molecule has 0 bridgehead atoms. The van der Waals surface area contributed by atoms with Crippen LogP contribution in [0.5, 0.6) is 0 Å². The first-order valence-electron chi connectivity index (χ1n) is 31.8. The van der Waals surface area contributed by atoms with Gasteiger partial charge in [0.2, 0.25) is 53.2 Å². The van der Waals surface area contributed by atoms with E-state index in [0.717, 1.165) is 10.5 Å². The molecule has 91 heavy (non-hydrogen) atoms. The lowest BCUT2D eigenvalue weighted by Gasteiger charge is -2.36. The maximum Gasteiger partial charge on any atom is 0.326 e. The van der Waals surface area contributed by atoms with Gasteiger partial charge in [0.05, 0.1) is 12.5 Å². The predicted molar refractivity (Wildman–Crippen MR) is 331 cm³/mol. The number of carbonyl (C=O) groups excluding carboxylic acids is 10. The average Bonchev–Trinajstić information content (AvgIpc) is 1.83. The molecule has 0 aliphatic carbocycles. The van der Waals surface area contributed by atoms with Gasteiger partial charge in [0.25, 0.3) is 5.91 Å². The number of carbonyl (C=O) groups is 13. The molecule has 0 saturated carbocycles. The highest BCUT2D eigenvalue weighted by Gasteiger charge is 2.47. The van der Waals surface area contributed by atoms with Crippen molar-refractivity contribution in [3.8, 4) is 0 Å². The molecule has 10 amide bonds. The third-order valence-electron chi connectivity index (χ3n) is 16.9. The number of nitrogens with one attached hydrogen (secondary N) is 5. The largest absolute Gasteiger partial charge is 0.481 e. The van der Waals surface area contributed by atoms with Crippen LogP contribution < -0.4 is 38.1 Å². The molecule has 3 saturated heterocycles. The van der Waals surface area contributed by atoms with Crippen LogP contribution in [-0.4, -0.2) is 199 Å². The van der Waals surface area contributed by atoms with Crippen LogP contribution in [0.25, 0.3) is 0 Å². The van der Waals surface area contributed by atoms with E-state index >= 15 is 0 Å². The Hall–Kier alpha value is -8.33. The first-order chi connectivity index (χ1) is 43.4. The molecule has 0 radical (unpaired) electrons. The van der Waals surface area contributed by atoms with E-state index in [0.29, 0.717) is 57.2 Å². The molecule has 12 N–H and O–H groups in total. The zero-order valence-electron chi connectivity index (χ0n) is 52.7. The Morgan fingerprint density at radius 1 is 0.593 bits per heavy atom. The first-order valence-corrected chi connectivity index (χ1v) is 31.8. The fraction of sp³-hybridized carbons (Fsp3) is 0.609. The summed E-state index contributed by atoms with van der Waals surface area (Å²) in [7, 11) is 0. The van der Waals surface area contributed by atoms with Gasteiger partial charge in [-0.3, -0.25) is 62.4 Å². The van der Waals surface area contributed by atoms with Crippen LogP contribution in [0.3, 0.4) is 0 Å². The number of carboxylic acids is 3. The second kappa shape index (κ2) is 36.5. The number of hydrogen-bond acceptors (Lipinski definition) is 15. The Balaban J connectivity index is 1.29. The van der Waals surface area contributed by atoms with Crippen molar-refractivity contribution in [2.24, 2.45) is 23.3 Å². The number of nitrogens with two attached hydrogens (primary N) is 2. The van der Waals surface area contributed by atoms with Crippen LogP contribution in [0.4, 0.5) is 0 Å². The van der Waals surface area contributed by atoms with E-state index in [1.807, 2.05) is 30.3 Å². The highest BCUT2D eigenvalue weighted by atomic mass is 16.4. The van der Waals surface area contributed by atoms with Gasteiger partial charge in [0.1, 0.15) is 48.3 Å². The fourth-order valence-corrected chi connectivity index (χ4v) is 11.8. The lowest BCUT2D eigenvalue weighted by atomic mass is 9.96. The Kier molecular flexibility index (Phi) is 29.4. The molecule has 27 nitrogen and oxygen atoms in total. The van der Waals surface area contributed by atoms with E-state index in [2.05, 4.69) is 26.6 Å². The third-order valence-corrected chi connectivity index (χ3v) is 16.9. The Labute approximate surface area is 530 Å². The highest BCUT2D eigenvalue weighted by molar-refractivity contribution is 6.04. The number of amides is 10. The second-order valence-corrected chi connectivity index (χ2v) is 24.3. The minimum absolute atomic E-state index is 0.0134. The summed E-state index contributed by atoms with van der Waals surface area (Å²) in [4.78, 5) is 183. The minimum Gasteiger partial charge on any atom is -0.481 e. The molecular formula is C64H93N11O16.